The molecule has 0 atom stereocenters. The number of aromatic nitrogens is 2. The topological polar surface area (TPSA) is 54.9 Å². The van der Waals surface area contributed by atoms with Gasteiger partial charge >= 0.3 is 6.18 Å². The Morgan fingerprint density at radius 1 is 1.50 bits per heavy atom. The van der Waals surface area contributed by atoms with Crippen LogP contribution in [0.2, 0.25) is 0 Å². The zero-order valence-corrected chi connectivity index (χ0v) is 7.45. The molecule has 0 bridgehead atoms. The van der Waals surface area contributed by atoms with E-state index in [1.807, 2.05) is 0 Å². The molecule has 1 aromatic rings. The molecule has 1 rings (SSSR count). The highest BCUT2D eigenvalue weighted by Crippen LogP contribution is 2.32. The second kappa shape index (κ2) is 3.74. The standard InChI is InChI=1S/C6H4F3N3OS/c1-2-3(13)10-5-12-11-4(14-5)6(7,8)9/h2H,1H2,(H,10,12,13). The van der Waals surface area contributed by atoms with E-state index in [0.717, 1.165) is 6.08 Å². The number of carbonyl (C=O) groups is 1. The Labute approximate surface area is 80.5 Å². The highest BCUT2D eigenvalue weighted by atomic mass is 32.1. The molecule has 1 N–H and O–H groups in total. The molecule has 0 aliphatic rings. The van der Waals surface area contributed by atoms with Crippen LogP contribution >= 0.6 is 11.3 Å². The van der Waals surface area contributed by atoms with Gasteiger partial charge in [0.2, 0.25) is 16.0 Å². The van der Waals surface area contributed by atoms with Crippen LogP contribution in [0, 0.1) is 0 Å². The van der Waals surface area contributed by atoms with Gasteiger partial charge in [-0.1, -0.05) is 17.9 Å². The molecule has 0 fully saturated rings. The first-order valence-electron chi connectivity index (χ1n) is 3.27. The van der Waals surface area contributed by atoms with E-state index in [2.05, 4.69) is 22.1 Å². The van der Waals surface area contributed by atoms with Gasteiger partial charge < -0.3 is 0 Å². The van der Waals surface area contributed by atoms with E-state index >= 15 is 0 Å². The van der Waals surface area contributed by atoms with E-state index in [0.29, 0.717) is 0 Å². The minimum Gasteiger partial charge on any atom is -0.297 e. The number of halogens is 3. The lowest BCUT2D eigenvalue weighted by atomic mass is 10.6. The van der Waals surface area contributed by atoms with E-state index in [4.69, 9.17) is 0 Å². The molecular formula is C6H4F3N3OS. The van der Waals surface area contributed by atoms with Crippen LogP contribution in [0.1, 0.15) is 5.01 Å². The number of nitrogens with one attached hydrogen (secondary N) is 1. The molecule has 0 spiro atoms. The minimum absolute atomic E-state index is 0.206. The second-order valence-electron chi connectivity index (χ2n) is 2.10. The molecule has 8 heteroatoms. The molecule has 4 nitrogen and oxygen atoms in total. The van der Waals surface area contributed by atoms with Gasteiger partial charge in [0.05, 0.1) is 0 Å². The molecule has 1 aromatic heterocycles. The Morgan fingerprint density at radius 2 is 2.14 bits per heavy atom. The summed E-state index contributed by atoms with van der Waals surface area (Å²) < 4.78 is 36.0. The Morgan fingerprint density at radius 3 is 2.57 bits per heavy atom. The summed E-state index contributed by atoms with van der Waals surface area (Å²) in [5.74, 6) is -0.630. The lowest BCUT2D eigenvalue weighted by Crippen LogP contribution is -2.06. The number of nitrogens with zero attached hydrogens (tertiary/aromatic N) is 2. The van der Waals surface area contributed by atoms with E-state index in [1.54, 1.807) is 0 Å². The summed E-state index contributed by atoms with van der Waals surface area (Å²) in [6, 6.07) is 0. The summed E-state index contributed by atoms with van der Waals surface area (Å²) in [4.78, 5) is 10.7. The van der Waals surface area contributed by atoms with Crippen molar-refractivity contribution in [3.63, 3.8) is 0 Å². The fourth-order valence-corrected chi connectivity index (χ4v) is 1.16. The number of hydrogen-bond donors (Lipinski definition) is 1. The van der Waals surface area contributed by atoms with Gasteiger partial charge in [-0.25, -0.2) is 0 Å². The van der Waals surface area contributed by atoms with Crippen molar-refractivity contribution in [2.75, 3.05) is 5.32 Å². The Bertz CT molecular complexity index is 359. The molecule has 14 heavy (non-hydrogen) atoms. The fourth-order valence-electron chi connectivity index (χ4n) is 0.545. The van der Waals surface area contributed by atoms with Crippen molar-refractivity contribution in [1.82, 2.24) is 10.2 Å². The van der Waals surface area contributed by atoms with Crippen LogP contribution in [-0.4, -0.2) is 16.1 Å². The summed E-state index contributed by atoms with van der Waals surface area (Å²) in [6.07, 6.45) is -3.61. The third-order valence-corrected chi connectivity index (χ3v) is 1.97. The van der Waals surface area contributed by atoms with Crippen molar-refractivity contribution in [1.29, 1.82) is 0 Å². The average Bonchev–Trinajstić information content (AvgIpc) is 2.51. The van der Waals surface area contributed by atoms with Crippen LogP contribution in [0.4, 0.5) is 18.3 Å². The number of hydrogen-bond acceptors (Lipinski definition) is 4. The van der Waals surface area contributed by atoms with Crippen LogP contribution < -0.4 is 5.32 Å². The molecular weight excluding hydrogens is 219 g/mol. The predicted molar refractivity (Wildman–Crippen MR) is 43.7 cm³/mol. The van der Waals surface area contributed by atoms with Gasteiger partial charge in [0, 0.05) is 0 Å². The molecule has 0 saturated heterocycles. The van der Waals surface area contributed by atoms with Crippen LogP contribution in [0.3, 0.4) is 0 Å². The molecule has 0 aromatic carbocycles. The maximum absolute atomic E-state index is 12.0. The molecule has 1 heterocycles. The normalized spacial score (nSPS) is 11.1. The molecule has 0 unspecified atom stereocenters. The lowest BCUT2D eigenvalue weighted by Gasteiger charge is -1.97. The van der Waals surface area contributed by atoms with Crippen molar-refractivity contribution in [2.45, 2.75) is 6.18 Å². The lowest BCUT2D eigenvalue weighted by molar-refractivity contribution is -0.138. The van der Waals surface area contributed by atoms with Gasteiger partial charge in [-0.15, -0.1) is 10.2 Å². The molecule has 0 saturated carbocycles. The minimum atomic E-state index is -4.53. The number of alkyl halides is 3. The zero-order chi connectivity index (χ0) is 10.8. The van der Waals surface area contributed by atoms with Gasteiger partial charge in [-0.2, -0.15) is 13.2 Å². The summed E-state index contributed by atoms with van der Waals surface area (Å²) in [6.45, 7) is 3.13. The van der Waals surface area contributed by atoms with Crippen LogP contribution in [0.15, 0.2) is 12.7 Å². The van der Waals surface area contributed by atoms with Crippen LogP contribution in [-0.2, 0) is 11.0 Å². The third kappa shape index (κ3) is 2.52. The van der Waals surface area contributed by atoms with Gasteiger partial charge in [0.1, 0.15) is 0 Å². The number of anilines is 1. The van der Waals surface area contributed by atoms with Crippen LogP contribution in [0.25, 0.3) is 0 Å². The molecule has 0 aliphatic carbocycles. The maximum atomic E-state index is 12.0. The molecule has 0 aliphatic heterocycles. The van der Waals surface area contributed by atoms with Crippen molar-refractivity contribution in [3.05, 3.63) is 17.7 Å². The third-order valence-electron chi connectivity index (χ3n) is 1.08. The smallest absolute Gasteiger partial charge is 0.297 e. The SMILES string of the molecule is C=CC(=O)Nc1nnc(C(F)(F)F)s1. The van der Waals surface area contributed by atoms with E-state index < -0.39 is 17.1 Å². The first-order chi connectivity index (χ1) is 6.43. The van der Waals surface area contributed by atoms with Crippen molar-refractivity contribution in [3.8, 4) is 0 Å². The molecule has 0 radical (unpaired) electrons. The number of rotatable bonds is 2. The highest BCUT2D eigenvalue weighted by Gasteiger charge is 2.35. The summed E-state index contributed by atoms with van der Waals surface area (Å²) >= 11 is 0.257. The average molecular weight is 223 g/mol. The first kappa shape index (κ1) is 10.6. The second-order valence-corrected chi connectivity index (χ2v) is 3.08. The fraction of sp³-hybridized carbons (Fsp3) is 0.167. The van der Waals surface area contributed by atoms with Gasteiger partial charge in [0.15, 0.2) is 0 Å². The van der Waals surface area contributed by atoms with Gasteiger partial charge in [0.25, 0.3) is 0 Å². The molecule has 76 valence electrons. The monoisotopic (exact) mass is 223 g/mol. The Balaban J connectivity index is 2.78. The van der Waals surface area contributed by atoms with Crippen LogP contribution in [0.5, 0.6) is 0 Å². The summed E-state index contributed by atoms with van der Waals surface area (Å²) in [5.41, 5.74) is 0. The Kier molecular flexibility index (Phi) is 2.84. The first-order valence-corrected chi connectivity index (χ1v) is 4.09. The van der Waals surface area contributed by atoms with E-state index in [-0.39, 0.29) is 16.5 Å². The number of amides is 1. The Hall–Kier alpha value is -1.44. The van der Waals surface area contributed by atoms with Crippen molar-refractivity contribution >= 4 is 22.4 Å². The number of carbonyl (C=O) groups excluding carboxylic acids is 1. The summed E-state index contributed by atoms with van der Waals surface area (Å²) in [5, 5.41) is 6.77. The maximum Gasteiger partial charge on any atom is 0.445 e. The van der Waals surface area contributed by atoms with Crippen molar-refractivity contribution < 1.29 is 18.0 Å². The van der Waals surface area contributed by atoms with E-state index in [1.165, 1.54) is 0 Å². The predicted octanol–water partition coefficient (Wildman–Crippen LogP) is 1.68. The largest absolute Gasteiger partial charge is 0.445 e. The van der Waals surface area contributed by atoms with Crippen molar-refractivity contribution in [2.24, 2.45) is 0 Å². The van der Waals surface area contributed by atoms with E-state index in [9.17, 15) is 18.0 Å². The zero-order valence-electron chi connectivity index (χ0n) is 6.63. The molecule has 1 amide bonds. The quantitative estimate of drug-likeness (QED) is 0.776. The highest BCUT2D eigenvalue weighted by molar-refractivity contribution is 7.15. The van der Waals surface area contributed by atoms with Gasteiger partial charge in [-0.05, 0) is 6.08 Å². The van der Waals surface area contributed by atoms with Gasteiger partial charge in [-0.3, -0.25) is 10.1 Å². The summed E-state index contributed by atoms with van der Waals surface area (Å²) in [7, 11) is 0.